The zero-order chi connectivity index (χ0) is 15.4. The fraction of sp³-hybridized carbons (Fsp3) is 0.0714. The average molecular weight is 371 g/mol. The molecule has 0 saturated carbocycles. The third-order valence-corrected chi connectivity index (χ3v) is 3.52. The molecular weight excluding hydrogens is 362 g/mol. The number of carbonyl (C=O) groups is 1. The van der Waals surface area contributed by atoms with Crippen LogP contribution in [0.1, 0.15) is 15.9 Å². The minimum absolute atomic E-state index is 0.0250. The summed E-state index contributed by atoms with van der Waals surface area (Å²) < 4.78 is 6.02. The van der Waals surface area contributed by atoms with Crippen molar-refractivity contribution in [1.29, 1.82) is 0 Å². The van der Waals surface area contributed by atoms with Crippen molar-refractivity contribution < 1.29 is 14.5 Å². The maximum absolute atomic E-state index is 11.9. The molecule has 0 spiro atoms. The van der Waals surface area contributed by atoms with Crippen LogP contribution in [0.5, 0.6) is 0 Å². The molecule has 0 saturated heterocycles. The fourth-order valence-electron chi connectivity index (χ4n) is 1.59. The number of hydrogen-bond acceptors (Lipinski definition) is 4. The van der Waals surface area contributed by atoms with Gasteiger partial charge in [0, 0.05) is 16.6 Å². The average Bonchev–Trinajstić information content (AvgIpc) is 2.46. The molecule has 0 bridgehead atoms. The Hall–Kier alpha value is -1.92. The lowest BCUT2D eigenvalue weighted by Crippen LogP contribution is -2.06. The molecule has 108 valence electrons. The van der Waals surface area contributed by atoms with E-state index in [1.54, 1.807) is 12.1 Å². The van der Waals surface area contributed by atoms with Crippen LogP contribution in [0, 0.1) is 10.1 Å². The molecule has 0 N–H and O–H groups in total. The molecule has 2 aromatic rings. The van der Waals surface area contributed by atoms with Crippen molar-refractivity contribution in [3.05, 3.63) is 73.2 Å². The number of non-ortho nitro benzene ring substituents is 1. The van der Waals surface area contributed by atoms with Gasteiger partial charge in [-0.25, -0.2) is 4.79 Å². The monoisotopic (exact) mass is 369 g/mol. The predicted molar refractivity (Wildman–Crippen MR) is 81.4 cm³/mol. The lowest BCUT2D eigenvalue weighted by atomic mass is 10.2. The van der Waals surface area contributed by atoms with Crippen molar-refractivity contribution in [2.75, 3.05) is 0 Å². The standard InChI is InChI=1S/C14H9BrClNO4/c15-10-3-1-9(2-4-10)8-21-14(18)12-7-11(17(19)20)5-6-13(12)16/h1-7H,8H2. The van der Waals surface area contributed by atoms with Crippen LogP contribution in [0.4, 0.5) is 5.69 Å². The first-order valence-corrected chi connectivity index (χ1v) is 7.00. The first-order chi connectivity index (χ1) is 9.97. The van der Waals surface area contributed by atoms with E-state index in [0.29, 0.717) is 0 Å². The maximum atomic E-state index is 11.9. The Morgan fingerprint density at radius 1 is 1.24 bits per heavy atom. The third kappa shape index (κ3) is 4.03. The van der Waals surface area contributed by atoms with Gasteiger partial charge in [-0.15, -0.1) is 0 Å². The van der Waals surface area contributed by atoms with Crippen LogP contribution >= 0.6 is 27.5 Å². The maximum Gasteiger partial charge on any atom is 0.340 e. The molecule has 2 aromatic carbocycles. The van der Waals surface area contributed by atoms with E-state index in [9.17, 15) is 14.9 Å². The van der Waals surface area contributed by atoms with E-state index in [0.717, 1.165) is 16.1 Å². The number of nitro benzene ring substituents is 1. The van der Waals surface area contributed by atoms with E-state index in [1.165, 1.54) is 12.1 Å². The predicted octanol–water partition coefficient (Wildman–Crippen LogP) is 4.37. The van der Waals surface area contributed by atoms with Crippen LogP contribution in [-0.4, -0.2) is 10.9 Å². The van der Waals surface area contributed by atoms with Gasteiger partial charge in [0.15, 0.2) is 0 Å². The van der Waals surface area contributed by atoms with E-state index >= 15 is 0 Å². The Bertz CT molecular complexity index is 688. The van der Waals surface area contributed by atoms with Gasteiger partial charge in [0.25, 0.3) is 5.69 Å². The largest absolute Gasteiger partial charge is 0.457 e. The van der Waals surface area contributed by atoms with E-state index < -0.39 is 10.9 Å². The Labute approximate surface area is 133 Å². The Morgan fingerprint density at radius 3 is 2.52 bits per heavy atom. The highest BCUT2D eigenvalue weighted by Crippen LogP contribution is 2.23. The molecular formula is C14H9BrClNO4. The molecule has 0 heterocycles. The molecule has 0 unspecified atom stereocenters. The molecule has 21 heavy (non-hydrogen) atoms. The van der Waals surface area contributed by atoms with Crippen molar-refractivity contribution in [2.45, 2.75) is 6.61 Å². The summed E-state index contributed by atoms with van der Waals surface area (Å²) in [5.74, 6) is -0.702. The van der Waals surface area contributed by atoms with Crippen molar-refractivity contribution in [2.24, 2.45) is 0 Å². The number of benzene rings is 2. The molecule has 7 heteroatoms. The molecule has 0 amide bonds. The normalized spacial score (nSPS) is 10.2. The second-order valence-corrected chi connectivity index (χ2v) is 5.45. The summed E-state index contributed by atoms with van der Waals surface area (Å²) in [6.07, 6.45) is 0. The van der Waals surface area contributed by atoms with Gasteiger partial charge >= 0.3 is 5.97 Å². The molecule has 0 aliphatic rings. The fourth-order valence-corrected chi connectivity index (χ4v) is 2.05. The first kappa shape index (κ1) is 15.5. The summed E-state index contributed by atoms with van der Waals surface area (Å²) in [5.41, 5.74) is 0.561. The third-order valence-electron chi connectivity index (χ3n) is 2.66. The number of rotatable bonds is 4. The lowest BCUT2D eigenvalue weighted by Gasteiger charge is -2.06. The van der Waals surface area contributed by atoms with Crippen LogP contribution in [0.2, 0.25) is 5.02 Å². The summed E-state index contributed by atoms with van der Waals surface area (Å²) in [5, 5.41) is 10.8. The van der Waals surface area contributed by atoms with Crippen LogP contribution in [0.25, 0.3) is 0 Å². The Kier molecular flexibility index (Phi) is 4.93. The van der Waals surface area contributed by atoms with E-state index in [2.05, 4.69) is 15.9 Å². The van der Waals surface area contributed by atoms with Gasteiger partial charge in [-0.1, -0.05) is 39.7 Å². The quantitative estimate of drug-likeness (QED) is 0.455. The minimum Gasteiger partial charge on any atom is -0.457 e. The second-order valence-electron chi connectivity index (χ2n) is 4.12. The van der Waals surface area contributed by atoms with Crippen molar-refractivity contribution >= 4 is 39.2 Å². The topological polar surface area (TPSA) is 69.4 Å². The van der Waals surface area contributed by atoms with Gasteiger partial charge in [-0.2, -0.15) is 0 Å². The molecule has 0 aliphatic carbocycles. The molecule has 2 rings (SSSR count). The summed E-state index contributed by atoms with van der Waals surface area (Å²) >= 11 is 9.17. The van der Waals surface area contributed by atoms with Crippen LogP contribution in [0.15, 0.2) is 46.9 Å². The number of esters is 1. The number of nitrogens with zero attached hydrogens (tertiary/aromatic N) is 1. The number of nitro groups is 1. The minimum atomic E-state index is -0.702. The highest BCUT2D eigenvalue weighted by Gasteiger charge is 2.17. The summed E-state index contributed by atoms with van der Waals surface area (Å²) in [7, 11) is 0. The van der Waals surface area contributed by atoms with Gasteiger partial charge in [0.2, 0.25) is 0 Å². The van der Waals surface area contributed by atoms with Gasteiger partial charge in [0.1, 0.15) is 6.61 Å². The van der Waals surface area contributed by atoms with Crippen LogP contribution in [0.3, 0.4) is 0 Å². The van der Waals surface area contributed by atoms with Gasteiger partial charge < -0.3 is 4.74 Å². The van der Waals surface area contributed by atoms with Gasteiger partial charge in [-0.3, -0.25) is 10.1 Å². The number of halogens is 2. The van der Waals surface area contributed by atoms with E-state index in [1.807, 2.05) is 12.1 Å². The molecule has 0 fully saturated rings. The summed E-state index contributed by atoms with van der Waals surface area (Å²) in [6.45, 7) is 0.0606. The van der Waals surface area contributed by atoms with Crippen molar-refractivity contribution in [1.82, 2.24) is 0 Å². The molecule has 0 radical (unpaired) electrons. The molecule has 0 atom stereocenters. The first-order valence-electron chi connectivity index (χ1n) is 5.83. The zero-order valence-electron chi connectivity index (χ0n) is 10.6. The summed E-state index contributed by atoms with van der Waals surface area (Å²) in [4.78, 5) is 22.1. The number of carbonyl (C=O) groups excluding carboxylic acids is 1. The van der Waals surface area contributed by atoms with E-state index in [-0.39, 0.29) is 22.9 Å². The van der Waals surface area contributed by atoms with Crippen LogP contribution < -0.4 is 0 Å². The lowest BCUT2D eigenvalue weighted by molar-refractivity contribution is -0.384. The van der Waals surface area contributed by atoms with E-state index in [4.69, 9.17) is 16.3 Å². The molecule has 0 aliphatic heterocycles. The van der Waals surface area contributed by atoms with Gasteiger partial charge in [0.05, 0.1) is 15.5 Å². The highest BCUT2D eigenvalue weighted by atomic mass is 79.9. The Balaban J connectivity index is 2.11. The van der Waals surface area contributed by atoms with Crippen molar-refractivity contribution in [3.8, 4) is 0 Å². The SMILES string of the molecule is O=C(OCc1ccc(Br)cc1)c1cc([N+](=O)[O-])ccc1Cl. The second kappa shape index (κ2) is 6.69. The van der Waals surface area contributed by atoms with Crippen molar-refractivity contribution in [3.63, 3.8) is 0 Å². The zero-order valence-corrected chi connectivity index (χ0v) is 12.9. The smallest absolute Gasteiger partial charge is 0.340 e. The number of ether oxygens (including phenoxy) is 1. The van der Waals surface area contributed by atoms with Crippen LogP contribution in [-0.2, 0) is 11.3 Å². The summed E-state index contributed by atoms with van der Waals surface area (Å²) in [6, 6.07) is 10.9. The highest BCUT2D eigenvalue weighted by molar-refractivity contribution is 9.10. The molecule has 5 nitrogen and oxygen atoms in total. The Morgan fingerprint density at radius 2 is 1.90 bits per heavy atom. The number of hydrogen-bond donors (Lipinski definition) is 0. The van der Waals surface area contributed by atoms with Gasteiger partial charge in [-0.05, 0) is 23.8 Å². The molecule has 0 aromatic heterocycles.